The van der Waals surface area contributed by atoms with Gasteiger partial charge in [0, 0.05) is 11.5 Å². The Kier molecular flexibility index (Phi) is 1.68. The molecule has 14 heavy (non-hydrogen) atoms. The Labute approximate surface area is 83.3 Å². The van der Waals surface area contributed by atoms with E-state index in [2.05, 4.69) is 5.32 Å². The predicted octanol–water partition coefficient (Wildman–Crippen LogP) is 2.22. The standard InChI is InChI=1S/C12H14FN/c13-11-4-2-1-3-10(11)12-5-6-14-9(7-12)8-12/h1-4,9,14H,5-8H2. The fraction of sp³-hybridized carbons (Fsp3) is 0.500. The number of halogens is 1. The first-order chi connectivity index (χ1) is 6.80. The van der Waals surface area contributed by atoms with Crippen LogP contribution >= 0.6 is 0 Å². The van der Waals surface area contributed by atoms with Gasteiger partial charge in [-0.15, -0.1) is 0 Å². The van der Waals surface area contributed by atoms with Crippen LogP contribution in [-0.2, 0) is 5.41 Å². The molecule has 2 heteroatoms. The van der Waals surface area contributed by atoms with Crippen LogP contribution in [-0.4, -0.2) is 12.6 Å². The van der Waals surface area contributed by atoms with Crippen molar-refractivity contribution < 1.29 is 4.39 Å². The first-order valence-corrected chi connectivity index (χ1v) is 5.29. The van der Waals surface area contributed by atoms with E-state index in [1.54, 1.807) is 12.1 Å². The molecule has 1 aliphatic carbocycles. The molecule has 1 N–H and O–H groups in total. The number of nitrogens with one attached hydrogen (secondary N) is 1. The lowest BCUT2D eigenvalue weighted by molar-refractivity contribution is 0.107. The van der Waals surface area contributed by atoms with E-state index in [1.807, 2.05) is 12.1 Å². The van der Waals surface area contributed by atoms with Crippen LogP contribution in [0.1, 0.15) is 24.8 Å². The Hall–Kier alpha value is -0.890. The maximum atomic E-state index is 13.6. The van der Waals surface area contributed by atoms with Gasteiger partial charge in [0.2, 0.25) is 0 Å². The molecular weight excluding hydrogens is 177 g/mol. The molecule has 1 saturated carbocycles. The van der Waals surface area contributed by atoms with Crippen molar-refractivity contribution in [1.29, 1.82) is 0 Å². The van der Waals surface area contributed by atoms with E-state index in [9.17, 15) is 4.39 Å². The molecule has 1 aromatic carbocycles. The molecule has 1 aromatic rings. The molecular formula is C12H14FN. The van der Waals surface area contributed by atoms with E-state index in [-0.39, 0.29) is 11.2 Å². The monoisotopic (exact) mass is 191 g/mol. The molecule has 2 heterocycles. The topological polar surface area (TPSA) is 12.0 Å². The molecule has 0 unspecified atom stereocenters. The van der Waals surface area contributed by atoms with Crippen LogP contribution in [0.2, 0.25) is 0 Å². The smallest absolute Gasteiger partial charge is 0.126 e. The zero-order valence-corrected chi connectivity index (χ0v) is 8.09. The van der Waals surface area contributed by atoms with Crippen LogP contribution in [0.5, 0.6) is 0 Å². The lowest BCUT2D eigenvalue weighted by atomic mass is 9.57. The highest BCUT2D eigenvalue weighted by molar-refractivity contribution is 5.32. The highest BCUT2D eigenvalue weighted by atomic mass is 19.1. The number of benzene rings is 1. The minimum Gasteiger partial charge on any atom is -0.314 e. The van der Waals surface area contributed by atoms with E-state index in [4.69, 9.17) is 0 Å². The molecule has 4 rings (SSSR count). The van der Waals surface area contributed by atoms with Crippen LogP contribution in [0.15, 0.2) is 24.3 Å². The van der Waals surface area contributed by atoms with Crippen molar-refractivity contribution in [2.45, 2.75) is 30.7 Å². The highest BCUT2D eigenvalue weighted by Crippen LogP contribution is 2.49. The molecule has 3 fully saturated rings. The van der Waals surface area contributed by atoms with Gasteiger partial charge in [0.25, 0.3) is 0 Å². The Morgan fingerprint density at radius 2 is 2.07 bits per heavy atom. The van der Waals surface area contributed by atoms with E-state index in [0.717, 1.165) is 31.4 Å². The third-order valence-corrected chi connectivity index (χ3v) is 3.76. The zero-order valence-electron chi connectivity index (χ0n) is 8.09. The minimum absolute atomic E-state index is 0.0205. The number of piperidine rings is 2. The van der Waals surface area contributed by atoms with Gasteiger partial charge in [0.15, 0.2) is 0 Å². The molecule has 0 spiro atoms. The summed E-state index contributed by atoms with van der Waals surface area (Å²) in [6.07, 6.45) is 3.33. The Bertz CT molecular complexity index is 350. The number of hydrogen-bond donors (Lipinski definition) is 1. The van der Waals surface area contributed by atoms with Gasteiger partial charge >= 0.3 is 0 Å². The first kappa shape index (κ1) is 8.42. The molecule has 0 aromatic heterocycles. The molecule has 0 atom stereocenters. The molecule has 2 saturated heterocycles. The lowest BCUT2D eigenvalue weighted by Gasteiger charge is -2.53. The summed E-state index contributed by atoms with van der Waals surface area (Å²) < 4.78 is 13.6. The Morgan fingerprint density at radius 3 is 2.71 bits per heavy atom. The summed E-state index contributed by atoms with van der Waals surface area (Å²) in [7, 11) is 0. The molecule has 0 amide bonds. The lowest BCUT2D eigenvalue weighted by Crippen LogP contribution is -2.58. The summed E-state index contributed by atoms with van der Waals surface area (Å²) in [6.45, 7) is 1.04. The molecule has 74 valence electrons. The Morgan fingerprint density at radius 1 is 1.29 bits per heavy atom. The molecule has 2 bridgehead atoms. The van der Waals surface area contributed by atoms with E-state index >= 15 is 0 Å². The van der Waals surface area contributed by atoms with E-state index in [1.165, 1.54) is 0 Å². The largest absolute Gasteiger partial charge is 0.314 e. The fourth-order valence-electron chi connectivity index (χ4n) is 2.99. The second kappa shape index (κ2) is 2.80. The predicted molar refractivity (Wildman–Crippen MR) is 53.7 cm³/mol. The van der Waals surface area contributed by atoms with Crippen LogP contribution in [0.4, 0.5) is 4.39 Å². The highest BCUT2D eigenvalue weighted by Gasteiger charge is 2.48. The second-order valence-corrected chi connectivity index (χ2v) is 4.57. The molecule has 0 radical (unpaired) electrons. The minimum atomic E-state index is -0.0205. The fourth-order valence-corrected chi connectivity index (χ4v) is 2.99. The summed E-state index contributed by atoms with van der Waals surface area (Å²) in [5, 5.41) is 3.44. The van der Waals surface area contributed by atoms with Crippen molar-refractivity contribution in [3.8, 4) is 0 Å². The van der Waals surface area contributed by atoms with Crippen molar-refractivity contribution in [3.63, 3.8) is 0 Å². The normalized spacial score (nSPS) is 35.1. The average Bonchev–Trinajstić information content (AvgIpc) is 2.18. The zero-order chi connectivity index (χ0) is 9.60. The number of rotatable bonds is 1. The van der Waals surface area contributed by atoms with Gasteiger partial charge in [0.1, 0.15) is 5.82 Å². The quantitative estimate of drug-likeness (QED) is 0.717. The first-order valence-electron chi connectivity index (χ1n) is 5.29. The van der Waals surface area contributed by atoms with Gasteiger partial charge in [-0.25, -0.2) is 4.39 Å². The summed E-state index contributed by atoms with van der Waals surface area (Å²) >= 11 is 0. The van der Waals surface area contributed by atoms with Crippen molar-refractivity contribution in [3.05, 3.63) is 35.6 Å². The molecule has 3 aliphatic rings. The third kappa shape index (κ3) is 1.04. The van der Waals surface area contributed by atoms with Crippen LogP contribution in [0, 0.1) is 5.82 Å². The summed E-state index contributed by atoms with van der Waals surface area (Å²) in [5.41, 5.74) is 1.11. The maximum Gasteiger partial charge on any atom is 0.126 e. The van der Waals surface area contributed by atoms with Crippen LogP contribution in [0.25, 0.3) is 0 Å². The van der Waals surface area contributed by atoms with Gasteiger partial charge in [-0.3, -0.25) is 0 Å². The average molecular weight is 191 g/mol. The van der Waals surface area contributed by atoms with Gasteiger partial charge < -0.3 is 5.32 Å². The maximum absolute atomic E-state index is 13.6. The third-order valence-electron chi connectivity index (χ3n) is 3.76. The molecule has 1 nitrogen and oxygen atoms in total. The number of fused-ring (bicyclic) bond motifs is 2. The second-order valence-electron chi connectivity index (χ2n) is 4.57. The summed E-state index contributed by atoms with van der Waals surface area (Å²) in [4.78, 5) is 0. The van der Waals surface area contributed by atoms with Crippen molar-refractivity contribution in [2.24, 2.45) is 0 Å². The van der Waals surface area contributed by atoms with E-state index in [0.29, 0.717) is 6.04 Å². The van der Waals surface area contributed by atoms with Crippen molar-refractivity contribution >= 4 is 0 Å². The Balaban J connectivity index is 1.99. The van der Waals surface area contributed by atoms with Crippen molar-refractivity contribution in [2.75, 3.05) is 6.54 Å². The molecule has 2 aliphatic heterocycles. The van der Waals surface area contributed by atoms with Gasteiger partial charge in [-0.1, -0.05) is 18.2 Å². The summed E-state index contributed by atoms with van der Waals surface area (Å²) in [5.74, 6) is -0.0205. The van der Waals surface area contributed by atoms with E-state index < -0.39 is 0 Å². The van der Waals surface area contributed by atoms with Gasteiger partial charge in [-0.05, 0) is 37.4 Å². The summed E-state index contributed by atoms with van der Waals surface area (Å²) in [6, 6.07) is 7.90. The number of hydrogen-bond acceptors (Lipinski definition) is 1. The van der Waals surface area contributed by atoms with Crippen LogP contribution < -0.4 is 5.32 Å². The van der Waals surface area contributed by atoms with Gasteiger partial charge in [0.05, 0.1) is 0 Å². The van der Waals surface area contributed by atoms with Gasteiger partial charge in [-0.2, -0.15) is 0 Å². The van der Waals surface area contributed by atoms with Crippen molar-refractivity contribution in [1.82, 2.24) is 5.32 Å². The SMILES string of the molecule is Fc1ccccc1C12CCNC(C1)C2. The van der Waals surface area contributed by atoms with Crippen LogP contribution in [0.3, 0.4) is 0 Å².